The van der Waals surface area contributed by atoms with Crippen molar-refractivity contribution in [2.24, 2.45) is 0 Å². The summed E-state index contributed by atoms with van der Waals surface area (Å²) in [6, 6.07) is 8.16. The number of amides is 1. The quantitative estimate of drug-likeness (QED) is 0.762. The molecule has 2 heterocycles. The minimum atomic E-state index is -1.11. The number of anilines is 1. The highest BCUT2D eigenvalue weighted by Crippen LogP contribution is 2.30. The Bertz CT molecular complexity index is 919. The molecule has 150 valence electrons. The summed E-state index contributed by atoms with van der Waals surface area (Å²) in [5.41, 5.74) is 1.91. The van der Waals surface area contributed by atoms with E-state index in [1.165, 1.54) is 0 Å². The van der Waals surface area contributed by atoms with Crippen LogP contribution in [0.2, 0.25) is 0 Å². The number of hydrogen-bond acceptors (Lipinski definition) is 5. The van der Waals surface area contributed by atoms with Gasteiger partial charge in [-0.15, -0.1) is 0 Å². The van der Waals surface area contributed by atoms with Crippen LogP contribution >= 0.6 is 0 Å². The Morgan fingerprint density at radius 1 is 1.41 bits per heavy atom. The molecular weight excluding hydrogens is 370 g/mol. The maximum absolute atomic E-state index is 14.1. The molecule has 29 heavy (non-hydrogen) atoms. The number of carbonyl (C=O) groups excluding carboxylic acids is 1. The van der Waals surface area contributed by atoms with Crippen molar-refractivity contribution in [3.05, 3.63) is 36.0 Å². The molecule has 4 atom stereocenters. The second-order valence-electron chi connectivity index (χ2n) is 7.16. The van der Waals surface area contributed by atoms with Crippen LogP contribution in [0, 0.1) is 11.3 Å². The van der Waals surface area contributed by atoms with Gasteiger partial charge in [-0.2, -0.15) is 5.26 Å². The molecule has 6 nitrogen and oxygen atoms in total. The van der Waals surface area contributed by atoms with Gasteiger partial charge < -0.3 is 15.0 Å². The molecule has 1 fully saturated rings. The van der Waals surface area contributed by atoms with Crippen molar-refractivity contribution >= 4 is 30.3 Å². The van der Waals surface area contributed by atoms with Crippen LogP contribution in [-0.4, -0.2) is 56.1 Å². The molecule has 2 aromatic rings. The molecule has 0 unspecified atom stereocenters. The summed E-state index contributed by atoms with van der Waals surface area (Å²) in [6.45, 7) is 4.24. The van der Waals surface area contributed by atoms with Crippen LogP contribution in [0.4, 0.5) is 10.1 Å². The number of rotatable bonds is 6. The van der Waals surface area contributed by atoms with Gasteiger partial charge >= 0.3 is 0 Å². The lowest BCUT2D eigenvalue weighted by Crippen LogP contribution is -2.56. The molecule has 1 saturated heterocycles. The number of aromatic nitrogens is 1. The van der Waals surface area contributed by atoms with Gasteiger partial charge in [-0.25, -0.2) is 4.39 Å². The number of hydrogen-bond donors (Lipinski definition) is 1. The van der Waals surface area contributed by atoms with Crippen molar-refractivity contribution in [3.63, 3.8) is 0 Å². The molecule has 1 aromatic carbocycles. The molecule has 0 spiro atoms. The zero-order valence-corrected chi connectivity index (χ0v) is 16.6. The fourth-order valence-electron chi connectivity index (χ4n) is 3.66. The number of morpholine rings is 1. The Kier molecular flexibility index (Phi) is 6.70. The summed E-state index contributed by atoms with van der Waals surface area (Å²) in [4.78, 5) is 19.0. The van der Waals surface area contributed by atoms with E-state index in [1.807, 2.05) is 24.0 Å². The normalized spacial score (nSPS) is 21.4. The van der Waals surface area contributed by atoms with Gasteiger partial charge in [-0.3, -0.25) is 9.78 Å². The number of alkyl halides is 1. The minimum absolute atomic E-state index is 0.273. The Labute approximate surface area is 171 Å². The molecule has 8 heteroatoms. The predicted molar refractivity (Wildman–Crippen MR) is 110 cm³/mol. The number of ether oxygens (including phenoxy) is 1. The number of nitriles is 1. The zero-order chi connectivity index (χ0) is 21.0. The van der Waals surface area contributed by atoms with Crippen LogP contribution in [0.1, 0.15) is 32.3 Å². The van der Waals surface area contributed by atoms with Crippen molar-refractivity contribution in [1.29, 1.82) is 5.26 Å². The second-order valence-corrected chi connectivity index (χ2v) is 7.16. The summed E-state index contributed by atoms with van der Waals surface area (Å²) in [5.74, 6) is -0.371. The topological polar surface area (TPSA) is 78.2 Å². The van der Waals surface area contributed by atoms with Crippen LogP contribution in [-0.2, 0) is 9.53 Å². The smallest absolute Gasteiger partial charge is 0.251 e. The summed E-state index contributed by atoms with van der Waals surface area (Å²) in [6.07, 6.45) is 0.542. The fourth-order valence-corrected chi connectivity index (χ4v) is 3.66. The zero-order valence-electron chi connectivity index (χ0n) is 16.6. The van der Waals surface area contributed by atoms with Crippen molar-refractivity contribution in [1.82, 2.24) is 10.3 Å². The average molecular weight is 394 g/mol. The highest BCUT2D eigenvalue weighted by molar-refractivity contribution is 6.11. The van der Waals surface area contributed by atoms with E-state index in [0.29, 0.717) is 30.5 Å². The van der Waals surface area contributed by atoms with Gasteiger partial charge in [0.1, 0.15) is 20.1 Å². The summed E-state index contributed by atoms with van der Waals surface area (Å²) < 4.78 is 19.7. The lowest BCUT2D eigenvalue weighted by Gasteiger charge is -2.39. The maximum atomic E-state index is 14.1. The first-order chi connectivity index (χ1) is 14.0. The first-order valence-corrected chi connectivity index (χ1v) is 9.86. The highest BCUT2D eigenvalue weighted by atomic mass is 19.1. The van der Waals surface area contributed by atoms with Gasteiger partial charge in [0.25, 0.3) is 5.91 Å². The predicted octanol–water partition coefficient (Wildman–Crippen LogP) is 2.45. The van der Waals surface area contributed by atoms with Crippen molar-refractivity contribution in [2.45, 2.75) is 51.0 Å². The van der Waals surface area contributed by atoms with Crippen LogP contribution in [0.5, 0.6) is 0 Å². The van der Waals surface area contributed by atoms with Crippen LogP contribution in [0.15, 0.2) is 30.5 Å². The average Bonchev–Trinajstić information content (AvgIpc) is 2.75. The molecular formula is C21H24BFN4O2. The monoisotopic (exact) mass is 394 g/mol. The van der Waals surface area contributed by atoms with E-state index in [-0.39, 0.29) is 12.5 Å². The molecule has 1 aliphatic heterocycles. The first-order valence-electron chi connectivity index (χ1n) is 9.86. The van der Waals surface area contributed by atoms with E-state index in [2.05, 4.69) is 16.4 Å². The summed E-state index contributed by atoms with van der Waals surface area (Å²) >= 11 is 0. The standard InChI is InChI=1S/C21H24BFN4O2/c1-3-15(23)16(4-2)26-21(28)18-11-27(12-19(22)29-18)17-8-7-13(10-24)20-14(17)6-5-9-25-20/h5-9,15-16,18-19H,3-4,11-12H2,1-2H3,(H,26,28)/t15-,16+,18-,19+/m1/s1. The van der Waals surface area contributed by atoms with Crippen molar-refractivity contribution in [3.8, 4) is 6.07 Å². The third-order valence-corrected chi connectivity index (χ3v) is 5.22. The Hall–Kier alpha value is -2.66. The number of pyridine rings is 1. The van der Waals surface area contributed by atoms with E-state index in [4.69, 9.17) is 12.6 Å². The summed E-state index contributed by atoms with van der Waals surface area (Å²) in [7, 11) is 6.05. The minimum Gasteiger partial charge on any atom is -0.371 e. The molecule has 1 aliphatic rings. The Morgan fingerprint density at radius 2 is 2.21 bits per heavy atom. The van der Waals surface area contributed by atoms with Gasteiger partial charge in [0.2, 0.25) is 0 Å². The van der Waals surface area contributed by atoms with Gasteiger partial charge in [0.15, 0.2) is 6.10 Å². The second kappa shape index (κ2) is 9.23. The third-order valence-electron chi connectivity index (χ3n) is 5.22. The Balaban J connectivity index is 1.85. The van der Waals surface area contributed by atoms with Gasteiger partial charge in [-0.1, -0.05) is 13.8 Å². The molecule has 1 amide bonds. The van der Waals surface area contributed by atoms with Crippen LogP contribution in [0.3, 0.4) is 0 Å². The lowest BCUT2D eigenvalue weighted by atomic mass is 9.96. The Morgan fingerprint density at radius 3 is 2.90 bits per heavy atom. The molecule has 0 aliphatic carbocycles. The van der Waals surface area contributed by atoms with Gasteiger partial charge in [-0.05, 0) is 37.1 Å². The number of nitrogens with one attached hydrogen (secondary N) is 1. The first kappa shape index (κ1) is 21.1. The largest absolute Gasteiger partial charge is 0.371 e. The van der Waals surface area contributed by atoms with E-state index >= 15 is 0 Å². The molecule has 0 bridgehead atoms. The number of halogens is 1. The van der Waals surface area contributed by atoms with Gasteiger partial charge in [0, 0.05) is 29.8 Å². The van der Waals surface area contributed by atoms with E-state index in [0.717, 1.165) is 11.1 Å². The summed E-state index contributed by atoms with van der Waals surface area (Å²) in [5, 5.41) is 12.9. The van der Waals surface area contributed by atoms with Gasteiger partial charge in [0.05, 0.1) is 23.7 Å². The fraction of sp³-hybridized carbons (Fsp3) is 0.476. The van der Waals surface area contributed by atoms with Crippen LogP contribution < -0.4 is 10.2 Å². The number of fused-ring (bicyclic) bond motifs is 1. The third kappa shape index (κ3) is 4.51. The number of carbonyl (C=O) groups is 1. The molecule has 3 rings (SSSR count). The SMILES string of the molecule is [B][C@@H]1CN(c2ccc(C#N)c3ncccc23)C[C@H](C(=O)N[C@@H](CC)[C@H](F)CC)O1. The van der Waals surface area contributed by atoms with E-state index < -0.39 is 24.3 Å². The molecule has 0 saturated carbocycles. The molecule has 2 radical (unpaired) electrons. The highest BCUT2D eigenvalue weighted by Gasteiger charge is 2.33. The van der Waals surface area contributed by atoms with Crippen molar-refractivity contribution < 1.29 is 13.9 Å². The number of nitrogens with zero attached hydrogens (tertiary/aromatic N) is 3. The number of benzene rings is 1. The molecule has 1 N–H and O–H groups in total. The maximum Gasteiger partial charge on any atom is 0.251 e. The van der Waals surface area contributed by atoms with E-state index in [1.54, 1.807) is 25.3 Å². The lowest BCUT2D eigenvalue weighted by molar-refractivity contribution is -0.136. The molecule has 1 aromatic heterocycles. The van der Waals surface area contributed by atoms with E-state index in [9.17, 15) is 14.4 Å². The van der Waals surface area contributed by atoms with Crippen LogP contribution in [0.25, 0.3) is 10.9 Å². The van der Waals surface area contributed by atoms with Crippen molar-refractivity contribution in [2.75, 3.05) is 18.0 Å².